The fourth-order valence-electron chi connectivity index (χ4n) is 3.53. The average Bonchev–Trinajstić information content (AvgIpc) is 2.86. The van der Waals surface area contributed by atoms with Gasteiger partial charge in [0.1, 0.15) is 12.2 Å². The van der Waals surface area contributed by atoms with Gasteiger partial charge >= 0.3 is 12.2 Å². The van der Waals surface area contributed by atoms with Crippen LogP contribution in [0.4, 0.5) is 9.59 Å². The number of nitrogens with one attached hydrogen (secondary N) is 3. The summed E-state index contributed by atoms with van der Waals surface area (Å²) in [5.41, 5.74) is 1.06. The zero-order valence-corrected chi connectivity index (χ0v) is 22.0. The second-order valence-corrected chi connectivity index (χ2v) is 9.82. The van der Waals surface area contributed by atoms with Crippen molar-refractivity contribution in [2.24, 2.45) is 0 Å². The van der Waals surface area contributed by atoms with E-state index < -0.39 is 35.8 Å². The molecule has 0 fully saturated rings. The summed E-state index contributed by atoms with van der Waals surface area (Å²) in [5, 5.41) is 18.9. The number of aliphatic hydroxyl groups is 1. The van der Waals surface area contributed by atoms with Gasteiger partial charge in [0, 0.05) is 6.54 Å². The molecule has 2 aromatic rings. The Morgan fingerprint density at radius 1 is 0.892 bits per heavy atom. The Labute approximate surface area is 218 Å². The number of aliphatic hydroxyl groups excluding tert-OH is 1. The molecule has 0 aliphatic carbocycles. The number of rotatable bonds is 12. The van der Waals surface area contributed by atoms with Crippen LogP contribution in [0.25, 0.3) is 0 Å². The minimum absolute atomic E-state index is 0.178. The van der Waals surface area contributed by atoms with Crippen molar-refractivity contribution in [3.63, 3.8) is 0 Å². The Morgan fingerprint density at radius 2 is 1.51 bits per heavy atom. The molecule has 37 heavy (non-hydrogen) atoms. The topological polar surface area (TPSA) is 126 Å². The Hall–Kier alpha value is -3.59. The molecule has 3 atom stereocenters. The summed E-state index contributed by atoms with van der Waals surface area (Å²) < 4.78 is 10.5. The van der Waals surface area contributed by atoms with E-state index in [1.165, 1.54) is 0 Å². The first-order valence-electron chi connectivity index (χ1n) is 12.5. The van der Waals surface area contributed by atoms with E-state index in [2.05, 4.69) is 16.0 Å². The van der Waals surface area contributed by atoms with Crippen LogP contribution in [-0.2, 0) is 20.9 Å². The first-order valence-corrected chi connectivity index (χ1v) is 12.5. The Balaban J connectivity index is 1.85. The van der Waals surface area contributed by atoms with Crippen molar-refractivity contribution in [1.82, 2.24) is 16.0 Å². The molecule has 0 saturated carbocycles. The Morgan fingerprint density at radius 3 is 2.14 bits per heavy atom. The normalized spacial score (nSPS) is 13.5. The van der Waals surface area contributed by atoms with Gasteiger partial charge in [-0.05, 0) is 58.1 Å². The minimum atomic E-state index is -1.48. The summed E-state index contributed by atoms with van der Waals surface area (Å²) in [6.07, 6.45) is -1.35. The summed E-state index contributed by atoms with van der Waals surface area (Å²) >= 11 is 0. The van der Waals surface area contributed by atoms with Crippen LogP contribution >= 0.6 is 0 Å². The third-order valence-electron chi connectivity index (χ3n) is 5.43. The maximum Gasteiger partial charge on any atom is 0.407 e. The van der Waals surface area contributed by atoms with Crippen molar-refractivity contribution < 1.29 is 29.0 Å². The lowest BCUT2D eigenvalue weighted by Crippen LogP contribution is -2.51. The lowest BCUT2D eigenvalue weighted by atomic mass is 10.0. The highest BCUT2D eigenvalue weighted by Crippen LogP contribution is 2.14. The van der Waals surface area contributed by atoms with Crippen LogP contribution in [0.1, 0.15) is 64.1 Å². The van der Waals surface area contributed by atoms with Crippen molar-refractivity contribution in [2.75, 3.05) is 6.54 Å². The molecule has 4 N–H and O–H groups in total. The van der Waals surface area contributed by atoms with Gasteiger partial charge < -0.3 is 30.5 Å². The van der Waals surface area contributed by atoms with Crippen LogP contribution in [0.5, 0.6) is 0 Å². The summed E-state index contributed by atoms with van der Waals surface area (Å²) in [5.74, 6) is -0.597. The van der Waals surface area contributed by atoms with Crippen LogP contribution in [0.15, 0.2) is 60.7 Å². The number of hydrogen-bond acceptors (Lipinski definition) is 6. The van der Waals surface area contributed by atoms with E-state index in [0.717, 1.165) is 11.1 Å². The molecule has 3 amide bonds. The quantitative estimate of drug-likeness (QED) is 0.315. The molecular weight excluding hydrogens is 474 g/mol. The Kier molecular flexibility index (Phi) is 11.9. The van der Waals surface area contributed by atoms with E-state index in [-0.39, 0.29) is 12.6 Å². The van der Waals surface area contributed by atoms with Gasteiger partial charge in [0.05, 0.1) is 12.1 Å². The van der Waals surface area contributed by atoms with Crippen molar-refractivity contribution in [3.05, 3.63) is 71.8 Å². The number of benzene rings is 2. The van der Waals surface area contributed by atoms with Crippen LogP contribution < -0.4 is 16.0 Å². The first-order chi connectivity index (χ1) is 17.5. The lowest BCUT2D eigenvalue weighted by molar-refractivity contribution is -0.131. The van der Waals surface area contributed by atoms with E-state index >= 15 is 0 Å². The predicted octanol–water partition coefficient (Wildman–Crippen LogP) is 4.21. The fraction of sp³-hybridized carbons (Fsp3) is 0.464. The third kappa shape index (κ3) is 11.8. The van der Waals surface area contributed by atoms with Gasteiger partial charge in [-0.25, -0.2) is 9.59 Å². The molecule has 0 spiro atoms. The number of amides is 3. The van der Waals surface area contributed by atoms with Crippen molar-refractivity contribution in [1.29, 1.82) is 0 Å². The van der Waals surface area contributed by atoms with Gasteiger partial charge in [0.15, 0.2) is 6.10 Å². The molecule has 2 rings (SSSR count). The Bertz CT molecular complexity index is 978. The highest BCUT2D eigenvalue weighted by atomic mass is 16.6. The van der Waals surface area contributed by atoms with Crippen molar-refractivity contribution in [3.8, 4) is 0 Å². The fourth-order valence-corrected chi connectivity index (χ4v) is 3.53. The summed E-state index contributed by atoms with van der Waals surface area (Å²) in [6, 6.07) is 17.5. The summed E-state index contributed by atoms with van der Waals surface area (Å²) in [6.45, 7) is 7.54. The van der Waals surface area contributed by atoms with Crippen LogP contribution in [-0.4, -0.2) is 47.5 Å². The molecular formula is C28H39N3O6. The van der Waals surface area contributed by atoms with Gasteiger partial charge in [0.25, 0.3) is 5.91 Å². The number of unbranched alkanes of at least 4 members (excludes halogenated alkanes) is 1. The molecule has 9 nitrogen and oxygen atoms in total. The number of hydrogen-bond donors (Lipinski definition) is 4. The van der Waals surface area contributed by atoms with Crippen molar-refractivity contribution in [2.45, 2.75) is 77.4 Å². The third-order valence-corrected chi connectivity index (χ3v) is 5.43. The van der Waals surface area contributed by atoms with E-state index in [1.54, 1.807) is 20.8 Å². The standard InChI is InChI=1S/C28H39N3O6/c1-20(22-15-9-6-10-16-22)30-25(33)24(32)23(31-27(35)37-28(2,3)4)17-11-12-18-29-26(34)36-19-21-13-7-5-8-14-21/h5-10,13-16,20,23-24,32H,11-12,17-19H2,1-4H3,(H,29,34)(H,30,33)(H,31,35)/t20-,23?,24?/m1/s1. The maximum atomic E-state index is 12.8. The lowest BCUT2D eigenvalue weighted by Gasteiger charge is -2.27. The van der Waals surface area contributed by atoms with Crippen LogP contribution in [0.2, 0.25) is 0 Å². The van der Waals surface area contributed by atoms with Gasteiger partial charge in [0.2, 0.25) is 0 Å². The number of ether oxygens (including phenoxy) is 2. The SMILES string of the molecule is C[C@@H](NC(=O)C(O)C(CCCCNC(=O)OCc1ccccc1)NC(=O)OC(C)(C)C)c1ccccc1. The maximum absolute atomic E-state index is 12.8. The van der Waals surface area contributed by atoms with Gasteiger partial charge in [-0.2, -0.15) is 0 Å². The molecule has 0 aliphatic rings. The molecule has 0 aromatic heterocycles. The van der Waals surface area contributed by atoms with Gasteiger partial charge in [-0.3, -0.25) is 4.79 Å². The second kappa shape index (κ2) is 14.8. The van der Waals surface area contributed by atoms with E-state index in [1.807, 2.05) is 67.6 Å². The zero-order valence-electron chi connectivity index (χ0n) is 22.0. The summed E-state index contributed by atoms with van der Waals surface area (Å²) in [7, 11) is 0. The van der Waals surface area contributed by atoms with Gasteiger partial charge in [-0.15, -0.1) is 0 Å². The number of alkyl carbamates (subject to hydrolysis) is 2. The predicted molar refractivity (Wildman–Crippen MR) is 141 cm³/mol. The summed E-state index contributed by atoms with van der Waals surface area (Å²) in [4.78, 5) is 37.0. The largest absolute Gasteiger partial charge is 0.445 e. The average molecular weight is 514 g/mol. The zero-order chi connectivity index (χ0) is 27.3. The highest BCUT2D eigenvalue weighted by Gasteiger charge is 2.30. The molecule has 2 aromatic carbocycles. The van der Waals surface area contributed by atoms with Gasteiger partial charge in [-0.1, -0.05) is 60.7 Å². The number of carbonyl (C=O) groups is 3. The molecule has 2 unspecified atom stereocenters. The number of carbonyl (C=O) groups excluding carboxylic acids is 3. The molecule has 202 valence electrons. The molecule has 0 heterocycles. The highest BCUT2D eigenvalue weighted by molar-refractivity contribution is 5.82. The molecule has 9 heteroatoms. The smallest absolute Gasteiger partial charge is 0.407 e. The monoisotopic (exact) mass is 513 g/mol. The molecule has 0 radical (unpaired) electrons. The van der Waals surface area contributed by atoms with Crippen LogP contribution in [0, 0.1) is 0 Å². The van der Waals surface area contributed by atoms with E-state index in [0.29, 0.717) is 25.8 Å². The molecule has 0 bridgehead atoms. The molecule has 0 saturated heterocycles. The minimum Gasteiger partial charge on any atom is -0.445 e. The van der Waals surface area contributed by atoms with Crippen molar-refractivity contribution >= 4 is 18.1 Å². The first kappa shape index (κ1) is 29.6. The van der Waals surface area contributed by atoms with Crippen LogP contribution in [0.3, 0.4) is 0 Å². The van der Waals surface area contributed by atoms with E-state index in [4.69, 9.17) is 9.47 Å². The van der Waals surface area contributed by atoms with E-state index in [9.17, 15) is 19.5 Å². The second-order valence-electron chi connectivity index (χ2n) is 9.82. The molecule has 0 aliphatic heterocycles.